The molecule has 9 heteroatoms. The number of anilines is 1. The third-order valence-electron chi connectivity index (χ3n) is 8.64. The molecule has 3 amide bonds. The Balaban J connectivity index is 1.29. The molecular formula is C28H35N3O5S. The maximum Gasteiger partial charge on any atom is 0.246 e. The number of thioether (sulfide) groups is 1. The Morgan fingerprint density at radius 1 is 1.14 bits per heavy atom. The average Bonchev–Trinajstić information content (AvgIpc) is 3.68. The Hall–Kier alpha value is -2.36. The summed E-state index contributed by atoms with van der Waals surface area (Å²) in [4.78, 5) is 44.2. The molecule has 1 saturated carbocycles. The van der Waals surface area contributed by atoms with Crippen molar-refractivity contribution in [1.29, 1.82) is 0 Å². The van der Waals surface area contributed by atoms with Crippen LogP contribution in [0.3, 0.4) is 0 Å². The quantitative estimate of drug-likeness (QED) is 0.420. The minimum Gasteiger partial charge on any atom is -0.376 e. The van der Waals surface area contributed by atoms with Crippen LogP contribution >= 0.6 is 11.8 Å². The van der Waals surface area contributed by atoms with Gasteiger partial charge in [-0.3, -0.25) is 14.4 Å². The molecule has 6 rings (SSSR count). The Morgan fingerprint density at radius 3 is 2.73 bits per heavy atom. The summed E-state index contributed by atoms with van der Waals surface area (Å²) in [6, 6.07) is 6.95. The van der Waals surface area contributed by atoms with Crippen molar-refractivity contribution in [2.24, 2.45) is 11.8 Å². The van der Waals surface area contributed by atoms with E-state index in [0.717, 1.165) is 43.4 Å². The van der Waals surface area contributed by atoms with Gasteiger partial charge in [-0.25, -0.2) is 0 Å². The largest absolute Gasteiger partial charge is 0.376 e. The highest BCUT2D eigenvalue weighted by atomic mass is 32.2. The van der Waals surface area contributed by atoms with E-state index in [2.05, 4.69) is 10.6 Å². The fourth-order valence-electron chi connectivity index (χ4n) is 6.93. The summed E-state index contributed by atoms with van der Waals surface area (Å²) in [5.41, 5.74) is -0.451. The normalized spacial score (nSPS) is 34.7. The van der Waals surface area contributed by atoms with E-state index in [1.54, 1.807) is 16.7 Å². The lowest BCUT2D eigenvalue weighted by atomic mass is 9.74. The fourth-order valence-corrected chi connectivity index (χ4v) is 7.38. The maximum atomic E-state index is 14.0. The molecule has 4 aliphatic heterocycles. The number of hydrogen-bond acceptors (Lipinski definition) is 6. The number of carbonyl (C=O) groups excluding carboxylic acids is 3. The van der Waals surface area contributed by atoms with Crippen molar-refractivity contribution < 1.29 is 23.9 Å². The Labute approximate surface area is 221 Å². The second kappa shape index (κ2) is 10.1. The molecule has 4 fully saturated rings. The van der Waals surface area contributed by atoms with Gasteiger partial charge >= 0.3 is 0 Å². The maximum absolute atomic E-state index is 14.0. The van der Waals surface area contributed by atoms with Crippen molar-refractivity contribution in [3.63, 3.8) is 0 Å². The van der Waals surface area contributed by atoms with E-state index < -0.39 is 29.6 Å². The highest BCUT2D eigenvalue weighted by Gasteiger charge is 2.73. The first kappa shape index (κ1) is 24.9. The van der Waals surface area contributed by atoms with Crippen LogP contribution in [-0.2, 0) is 23.9 Å². The lowest BCUT2D eigenvalue weighted by Crippen LogP contribution is -2.57. The summed E-state index contributed by atoms with van der Waals surface area (Å²) in [6.45, 7) is 1.00. The first-order valence-electron chi connectivity index (χ1n) is 13.5. The van der Waals surface area contributed by atoms with E-state index in [1.807, 2.05) is 42.7 Å². The van der Waals surface area contributed by atoms with Crippen LogP contribution in [0, 0.1) is 11.8 Å². The number of hydrogen-bond donors (Lipinski definition) is 2. The van der Waals surface area contributed by atoms with Gasteiger partial charge in [0.15, 0.2) is 0 Å². The third kappa shape index (κ3) is 4.38. The van der Waals surface area contributed by atoms with Crippen LogP contribution in [-0.4, -0.2) is 71.9 Å². The zero-order chi connectivity index (χ0) is 25.6. The molecule has 8 nitrogen and oxygen atoms in total. The second-order valence-corrected chi connectivity index (χ2v) is 11.8. The van der Waals surface area contributed by atoms with Gasteiger partial charge < -0.3 is 25.0 Å². The lowest BCUT2D eigenvalue weighted by Gasteiger charge is -2.34. The molecule has 1 spiro atoms. The summed E-state index contributed by atoms with van der Waals surface area (Å²) in [6.07, 6.45) is 12.2. The monoisotopic (exact) mass is 525 g/mol. The van der Waals surface area contributed by atoms with Gasteiger partial charge in [0.05, 0.1) is 24.0 Å². The standard InChI is InChI=1S/C28H35N3O5S/c1-37-20-11-5-9-18(15-20)30-25(32)22-21-12-13-28(36-21)23(22)27(34)31(16-19-10-6-14-35-19)24(28)26(33)29-17-7-3-2-4-8-17/h5,9,11-13,15,17,19,21-24H,2-4,6-8,10,14,16H2,1H3,(H,29,33)(H,30,32)/t19-,21-,22+,23-,24+,28-/m1/s1. The van der Waals surface area contributed by atoms with E-state index in [1.165, 1.54) is 6.42 Å². The zero-order valence-corrected chi connectivity index (χ0v) is 22.0. The van der Waals surface area contributed by atoms with Crippen molar-refractivity contribution in [2.75, 3.05) is 24.7 Å². The summed E-state index contributed by atoms with van der Waals surface area (Å²) in [5.74, 6) is -2.06. The summed E-state index contributed by atoms with van der Waals surface area (Å²) >= 11 is 1.60. The van der Waals surface area contributed by atoms with Gasteiger partial charge in [-0.05, 0) is 50.1 Å². The molecule has 4 heterocycles. The SMILES string of the molecule is CSc1cccc(NC(=O)[C@H]2[C@H]3C=C[C@]4(O3)[C@H](C(=O)NC3CCCCC3)N(C[C@H]3CCCO3)C(=O)[C@@H]24)c1. The molecule has 5 aliphatic rings. The van der Waals surface area contributed by atoms with Crippen molar-refractivity contribution in [1.82, 2.24) is 10.2 Å². The van der Waals surface area contributed by atoms with Crippen molar-refractivity contribution in [2.45, 2.75) is 79.7 Å². The van der Waals surface area contributed by atoms with E-state index >= 15 is 0 Å². The Morgan fingerprint density at radius 2 is 1.97 bits per heavy atom. The van der Waals surface area contributed by atoms with Crippen LogP contribution < -0.4 is 10.6 Å². The molecule has 1 aliphatic carbocycles. The average molecular weight is 526 g/mol. The number of nitrogens with one attached hydrogen (secondary N) is 2. The van der Waals surface area contributed by atoms with Crippen LogP contribution in [0.2, 0.25) is 0 Å². The van der Waals surface area contributed by atoms with Gasteiger partial charge in [-0.1, -0.05) is 37.5 Å². The van der Waals surface area contributed by atoms with Gasteiger partial charge in [0.1, 0.15) is 11.6 Å². The van der Waals surface area contributed by atoms with Gasteiger partial charge in [-0.15, -0.1) is 11.8 Å². The first-order chi connectivity index (χ1) is 18.0. The van der Waals surface area contributed by atoms with Crippen LogP contribution in [0.4, 0.5) is 5.69 Å². The molecule has 2 N–H and O–H groups in total. The molecule has 0 aromatic heterocycles. The van der Waals surface area contributed by atoms with Crippen molar-refractivity contribution in [3.05, 3.63) is 36.4 Å². The van der Waals surface area contributed by atoms with Crippen molar-refractivity contribution in [3.8, 4) is 0 Å². The molecule has 37 heavy (non-hydrogen) atoms. The number of likely N-dealkylation sites (tertiary alicyclic amines) is 1. The fraction of sp³-hybridized carbons (Fsp3) is 0.607. The predicted molar refractivity (Wildman–Crippen MR) is 140 cm³/mol. The summed E-state index contributed by atoms with van der Waals surface area (Å²) in [5, 5.41) is 6.24. The predicted octanol–water partition coefficient (Wildman–Crippen LogP) is 3.13. The molecule has 198 valence electrons. The van der Waals surface area contributed by atoms with E-state index in [4.69, 9.17) is 9.47 Å². The van der Waals surface area contributed by atoms with Crippen molar-refractivity contribution >= 4 is 35.2 Å². The van der Waals surface area contributed by atoms with Gasteiger partial charge in [0.2, 0.25) is 17.7 Å². The van der Waals surface area contributed by atoms with E-state index in [-0.39, 0.29) is 29.9 Å². The minimum atomic E-state index is -1.14. The number of benzene rings is 1. The minimum absolute atomic E-state index is 0.105. The highest BCUT2D eigenvalue weighted by molar-refractivity contribution is 7.98. The van der Waals surface area contributed by atoms with Gasteiger partial charge in [-0.2, -0.15) is 0 Å². The molecule has 1 aromatic rings. The van der Waals surface area contributed by atoms with Crippen LogP contribution in [0.15, 0.2) is 41.3 Å². The molecule has 3 saturated heterocycles. The Bertz CT molecular complexity index is 1100. The smallest absolute Gasteiger partial charge is 0.246 e. The van der Waals surface area contributed by atoms with E-state index in [0.29, 0.717) is 18.8 Å². The highest BCUT2D eigenvalue weighted by Crippen LogP contribution is 2.55. The number of amides is 3. The molecule has 1 aromatic carbocycles. The Kier molecular flexibility index (Phi) is 6.79. The van der Waals surface area contributed by atoms with E-state index in [9.17, 15) is 14.4 Å². The molecule has 6 atom stereocenters. The lowest BCUT2D eigenvalue weighted by molar-refractivity contribution is -0.143. The molecule has 0 radical (unpaired) electrons. The van der Waals surface area contributed by atoms with Crippen LogP contribution in [0.25, 0.3) is 0 Å². The summed E-state index contributed by atoms with van der Waals surface area (Å²) in [7, 11) is 0. The third-order valence-corrected chi connectivity index (χ3v) is 9.36. The number of ether oxygens (including phenoxy) is 2. The second-order valence-electron chi connectivity index (χ2n) is 10.9. The number of carbonyl (C=O) groups is 3. The van der Waals surface area contributed by atoms with Crippen LogP contribution in [0.1, 0.15) is 44.9 Å². The topological polar surface area (TPSA) is 97.0 Å². The number of fused-ring (bicyclic) bond motifs is 1. The number of rotatable bonds is 7. The molecular weight excluding hydrogens is 490 g/mol. The zero-order valence-electron chi connectivity index (χ0n) is 21.2. The van der Waals surface area contributed by atoms with Gasteiger partial charge in [0, 0.05) is 29.8 Å². The van der Waals surface area contributed by atoms with Crippen LogP contribution in [0.5, 0.6) is 0 Å². The first-order valence-corrected chi connectivity index (χ1v) is 14.8. The molecule has 2 bridgehead atoms. The van der Waals surface area contributed by atoms with Gasteiger partial charge in [0.25, 0.3) is 0 Å². The number of nitrogens with zero attached hydrogens (tertiary/aromatic N) is 1. The molecule has 0 unspecified atom stereocenters. The summed E-state index contributed by atoms with van der Waals surface area (Å²) < 4.78 is 12.3.